The molecule has 0 aromatic carbocycles. The van der Waals surface area contributed by atoms with Crippen molar-refractivity contribution in [2.45, 2.75) is 110 Å². The van der Waals surface area contributed by atoms with Crippen molar-refractivity contribution in [3.63, 3.8) is 0 Å². The number of thioether (sulfide) groups is 1. The molecule has 3 saturated carbocycles. The fourth-order valence-electron chi connectivity index (χ4n) is 9.41. The Morgan fingerprint density at radius 2 is 1.70 bits per heavy atom. The molecule has 0 spiro atoms. The number of methoxy groups -OCH3 is 3. The van der Waals surface area contributed by atoms with Crippen LogP contribution in [-0.4, -0.2) is 75.0 Å². The molecule has 0 bridgehead atoms. The zero-order valence-corrected chi connectivity index (χ0v) is 31.6. The average Bonchev–Trinajstić information content (AvgIpc) is 3.40. The smallest absolute Gasteiger partial charge is 0.472 e. The highest BCUT2D eigenvalue weighted by Crippen LogP contribution is 2.66. The first kappa shape index (κ1) is 38.0. The van der Waals surface area contributed by atoms with E-state index in [1.807, 2.05) is 6.26 Å². The first-order valence-corrected chi connectivity index (χ1v) is 18.6. The standard InChI is InChI=1S/C36H56O9S2/c1-21(17-29(45-33(46)47-10)34(3,4)42-20-39-7)22(2)26-13-14-27-25-12-11-23-18-24(43-31(37)40-8)19-30(44-32(38)41-9)36(23,6)28(25)15-16-35(26,27)5/h11-12,21-22,24,26-30H,13-20H2,1-10H3/t21-,22+,24+,26+,27-,28-,29?,30-,35+,36-/m0/s1. The van der Waals surface area contributed by atoms with Crippen molar-refractivity contribution in [2.24, 2.45) is 40.4 Å². The summed E-state index contributed by atoms with van der Waals surface area (Å²) in [6.07, 6.45) is 10.1. The predicted octanol–water partition coefficient (Wildman–Crippen LogP) is 8.49. The van der Waals surface area contributed by atoms with Crippen LogP contribution in [0.15, 0.2) is 23.3 Å². The van der Waals surface area contributed by atoms with Crippen LogP contribution >= 0.6 is 24.0 Å². The molecule has 0 N–H and O–H groups in total. The lowest BCUT2D eigenvalue weighted by molar-refractivity contribution is -0.159. The molecule has 1 unspecified atom stereocenters. The number of fused-ring (bicyclic) bond motifs is 5. The molecule has 47 heavy (non-hydrogen) atoms. The molecule has 0 aromatic rings. The maximum atomic E-state index is 12.5. The third kappa shape index (κ3) is 7.68. The van der Waals surface area contributed by atoms with E-state index < -0.39 is 35.5 Å². The Kier molecular flexibility index (Phi) is 12.4. The summed E-state index contributed by atoms with van der Waals surface area (Å²) < 4.78 is 39.4. The van der Waals surface area contributed by atoms with Crippen molar-refractivity contribution in [3.8, 4) is 0 Å². The van der Waals surface area contributed by atoms with Gasteiger partial charge in [-0.25, -0.2) is 9.59 Å². The van der Waals surface area contributed by atoms with E-state index >= 15 is 0 Å². The number of thiocarbonyl (C=S) groups is 1. The van der Waals surface area contributed by atoms with Crippen molar-refractivity contribution < 1.29 is 42.7 Å². The Hall–Kier alpha value is -1.82. The van der Waals surface area contributed by atoms with Gasteiger partial charge >= 0.3 is 12.3 Å². The van der Waals surface area contributed by atoms with Crippen LogP contribution in [0.4, 0.5) is 9.59 Å². The number of hydrogen-bond acceptors (Lipinski definition) is 11. The van der Waals surface area contributed by atoms with E-state index in [-0.39, 0.29) is 24.2 Å². The number of allylic oxidation sites excluding steroid dienone is 3. The van der Waals surface area contributed by atoms with Gasteiger partial charge in [0.05, 0.1) is 14.2 Å². The van der Waals surface area contributed by atoms with Crippen LogP contribution in [0.25, 0.3) is 0 Å². The molecule has 4 aliphatic carbocycles. The highest BCUT2D eigenvalue weighted by atomic mass is 32.2. The van der Waals surface area contributed by atoms with E-state index in [1.165, 1.54) is 38.0 Å². The molecule has 266 valence electrons. The summed E-state index contributed by atoms with van der Waals surface area (Å²) in [6, 6.07) is 0. The molecular weight excluding hydrogens is 641 g/mol. The third-order valence-electron chi connectivity index (χ3n) is 12.4. The quantitative estimate of drug-likeness (QED) is 0.118. The fraction of sp³-hybridized carbons (Fsp3) is 0.806. The van der Waals surface area contributed by atoms with Crippen molar-refractivity contribution in [1.82, 2.24) is 0 Å². The molecule has 0 aromatic heterocycles. The number of ether oxygens (including phenoxy) is 7. The van der Waals surface area contributed by atoms with Gasteiger partial charge in [-0.15, -0.1) is 0 Å². The SMILES string of the molecule is COCOC(C)(C)C(C[C@H](C)[C@@H](C)[C@H]1CC[C@H]2C3=CC=C4C[C@@H](OC(=O)OC)C[C@H](OC(=O)OC)[C@]4(C)[C@H]3CC[C@]12C)OC(=S)SC. The molecule has 0 radical (unpaired) electrons. The minimum atomic E-state index is -0.729. The third-order valence-corrected chi connectivity index (χ3v) is 13.4. The zero-order chi connectivity index (χ0) is 34.7. The summed E-state index contributed by atoms with van der Waals surface area (Å²) in [5, 5.41) is 0. The van der Waals surface area contributed by atoms with Crippen LogP contribution in [-0.2, 0) is 33.2 Å². The van der Waals surface area contributed by atoms with E-state index in [0.717, 1.165) is 31.3 Å². The monoisotopic (exact) mass is 696 g/mol. The van der Waals surface area contributed by atoms with Crippen LogP contribution in [0.5, 0.6) is 0 Å². The molecule has 0 saturated heterocycles. The number of hydrogen-bond donors (Lipinski definition) is 0. The van der Waals surface area contributed by atoms with Crippen molar-refractivity contribution in [2.75, 3.05) is 34.4 Å². The first-order chi connectivity index (χ1) is 22.2. The second-order valence-corrected chi connectivity index (χ2v) is 16.4. The second-order valence-electron chi connectivity index (χ2n) is 15.0. The Morgan fingerprint density at radius 3 is 2.34 bits per heavy atom. The van der Waals surface area contributed by atoms with Gasteiger partial charge in [-0.2, -0.15) is 0 Å². The van der Waals surface area contributed by atoms with E-state index in [2.05, 4.69) is 53.7 Å². The lowest BCUT2D eigenvalue weighted by atomic mass is 9.49. The summed E-state index contributed by atoms with van der Waals surface area (Å²) in [4.78, 5) is 24.5. The molecule has 10 atom stereocenters. The highest BCUT2D eigenvalue weighted by Gasteiger charge is 2.60. The summed E-state index contributed by atoms with van der Waals surface area (Å²) in [7, 11) is 4.25. The van der Waals surface area contributed by atoms with Gasteiger partial charge in [0.1, 0.15) is 30.7 Å². The van der Waals surface area contributed by atoms with Gasteiger partial charge in [0, 0.05) is 25.4 Å². The van der Waals surface area contributed by atoms with E-state index in [4.69, 9.17) is 45.4 Å². The van der Waals surface area contributed by atoms with Gasteiger partial charge in [-0.1, -0.05) is 62.8 Å². The van der Waals surface area contributed by atoms with Gasteiger partial charge in [-0.05, 0) is 99.4 Å². The maximum Gasteiger partial charge on any atom is 0.508 e. The largest absolute Gasteiger partial charge is 0.508 e. The minimum Gasteiger partial charge on any atom is -0.472 e. The molecule has 9 nitrogen and oxygen atoms in total. The van der Waals surface area contributed by atoms with Crippen LogP contribution in [0.3, 0.4) is 0 Å². The number of carbonyl (C=O) groups excluding carboxylic acids is 2. The zero-order valence-electron chi connectivity index (χ0n) is 29.9. The fourth-order valence-corrected chi connectivity index (χ4v) is 9.74. The Balaban J connectivity index is 1.57. The highest BCUT2D eigenvalue weighted by molar-refractivity contribution is 8.22. The Bertz CT molecular complexity index is 1220. The minimum absolute atomic E-state index is 0.147. The molecule has 3 fully saturated rings. The summed E-state index contributed by atoms with van der Waals surface area (Å²) in [5.41, 5.74) is 1.78. The normalized spacial score (nSPS) is 33.4. The van der Waals surface area contributed by atoms with Gasteiger partial charge in [0.25, 0.3) is 0 Å². The van der Waals surface area contributed by atoms with E-state index in [0.29, 0.717) is 40.9 Å². The van der Waals surface area contributed by atoms with Crippen LogP contribution in [0, 0.1) is 40.4 Å². The topological polar surface area (TPSA) is 98.8 Å². The molecule has 0 amide bonds. The molecule has 11 heteroatoms. The average molecular weight is 697 g/mol. The van der Waals surface area contributed by atoms with E-state index in [9.17, 15) is 9.59 Å². The molecule has 0 aliphatic heterocycles. The van der Waals surface area contributed by atoms with Gasteiger partial charge < -0.3 is 33.2 Å². The van der Waals surface area contributed by atoms with Crippen molar-refractivity contribution in [3.05, 3.63) is 23.3 Å². The lowest BCUT2D eigenvalue weighted by Crippen LogP contribution is -2.54. The van der Waals surface area contributed by atoms with Crippen LogP contribution in [0.1, 0.15) is 86.5 Å². The van der Waals surface area contributed by atoms with Gasteiger partial charge in [-0.3, -0.25) is 0 Å². The van der Waals surface area contributed by atoms with Crippen molar-refractivity contribution >= 4 is 40.7 Å². The summed E-state index contributed by atoms with van der Waals surface area (Å²) in [5.74, 6) is 2.05. The van der Waals surface area contributed by atoms with Crippen LogP contribution in [0.2, 0.25) is 0 Å². The Labute approximate surface area is 291 Å². The van der Waals surface area contributed by atoms with Gasteiger partial charge in [0.15, 0.2) is 0 Å². The number of carbonyl (C=O) groups is 2. The van der Waals surface area contributed by atoms with Crippen molar-refractivity contribution in [1.29, 1.82) is 0 Å². The predicted molar refractivity (Wildman–Crippen MR) is 186 cm³/mol. The van der Waals surface area contributed by atoms with Crippen LogP contribution < -0.4 is 0 Å². The number of rotatable bonds is 11. The van der Waals surface area contributed by atoms with Gasteiger partial charge in [0.2, 0.25) is 4.38 Å². The second kappa shape index (κ2) is 15.4. The summed E-state index contributed by atoms with van der Waals surface area (Å²) >= 11 is 6.93. The maximum absolute atomic E-state index is 12.5. The molecule has 4 aliphatic rings. The Morgan fingerprint density at radius 1 is 1.02 bits per heavy atom. The summed E-state index contributed by atoms with van der Waals surface area (Å²) in [6.45, 7) is 13.8. The molecular formula is C36H56O9S2. The lowest BCUT2D eigenvalue weighted by Gasteiger charge is -2.57. The first-order valence-electron chi connectivity index (χ1n) is 16.9. The molecule has 0 heterocycles. The molecule has 4 rings (SSSR count). The van der Waals surface area contributed by atoms with E-state index in [1.54, 1.807) is 7.11 Å².